The van der Waals surface area contributed by atoms with E-state index in [-0.39, 0.29) is 18.5 Å². The lowest BCUT2D eigenvalue weighted by atomic mass is 10.0. The van der Waals surface area contributed by atoms with Crippen LogP contribution in [0.15, 0.2) is 48.6 Å². The van der Waals surface area contributed by atoms with Gasteiger partial charge in [0.2, 0.25) is 5.91 Å². The van der Waals surface area contributed by atoms with Crippen molar-refractivity contribution in [2.75, 3.05) is 13.2 Å². The molecular weight excluding hydrogens is 995 g/mol. The molecule has 3 N–H and O–H groups in total. The zero-order valence-corrected chi connectivity index (χ0v) is 54.5. The minimum absolute atomic E-state index is 0.00217. The molecule has 0 aliphatic rings. The minimum Gasteiger partial charge on any atom is -0.466 e. The molecule has 0 saturated carbocycles. The van der Waals surface area contributed by atoms with Crippen LogP contribution in [0, 0.1) is 0 Å². The Hall–Kier alpha value is -2.18. The molecule has 0 rings (SSSR count). The van der Waals surface area contributed by atoms with Gasteiger partial charge in [0.15, 0.2) is 0 Å². The van der Waals surface area contributed by atoms with Gasteiger partial charge in [0.1, 0.15) is 0 Å². The lowest BCUT2D eigenvalue weighted by Gasteiger charge is -2.22. The topological polar surface area (TPSA) is 95.9 Å². The molecule has 0 aliphatic heterocycles. The molecule has 0 bridgehead atoms. The van der Waals surface area contributed by atoms with Crippen molar-refractivity contribution in [3.63, 3.8) is 0 Å². The van der Waals surface area contributed by atoms with Crippen molar-refractivity contribution >= 4 is 11.9 Å². The largest absolute Gasteiger partial charge is 0.466 e. The van der Waals surface area contributed by atoms with E-state index in [2.05, 4.69) is 67.8 Å². The van der Waals surface area contributed by atoms with Gasteiger partial charge < -0.3 is 20.3 Å². The number of allylic oxidation sites excluding steroid dienone is 8. The first-order valence-electron chi connectivity index (χ1n) is 36.4. The number of aliphatic hydroxyl groups is 2. The first-order valence-corrected chi connectivity index (χ1v) is 36.4. The SMILES string of the molecule is CCCC/C=C\C/C=C\CCCCCCCC(=O)OCCCCCCCCCCCCC/C=C\C/C=C\CCCCCCCCCCCCCCCCCCCC(=O)NC(CO)C(O)CCCCCCCCCCCCCCCCC. The van der Waals surface area contributed by atoms with Gasteiger partial charge in [0.05, 0.1) is 25.4 Å². The Morgan fingerprint density at radius 3 is 0.975 bits per heavy atom. The molecule has 0 spiro atoms. The molecule has 0 aliphatic carbocycles. The predicted octanol–water partition coefficient (Wildman–Crippen LogP) is 23.6. The monoisotopic (exact) mass is 1140 g/mol. The van der Waals surface area contributed by atoms with Gasteiger partial charge in [0.25, 0.3) is 0 Å². The number of amides is 1. The van der Waals surface area contributed by atoms with E-state index < -0.39 is 12.1 Å². The van der Waals surface area contributed by atoms with Gasteiger partial charge in [-0.2, -0.15) is 0 Å². The number of ether oxygens (including phenoxy) is 1. The van der Waals surface area contributed by atoms with E-state index in [0.29, 0.717) is 25.9 Å². The average molecular weight is 1140 g/mol. The van der Waals surface area contributed by atoms with E-state index in [1.54, 1.807) is 0 Å². The zero-order valence-electron chi connectivity index (χ0n) is 54.5. The summed E-state index contributed by atoms with van der Waals surface area (Å²) in [7, 11) is 0. The third-order valence-corrected chi connectivity index (χ3v) is 16.9. The van der Waals surface area contributed by atoms with Crippen LogP contribution in [0.1, 0.15) is 393 Å². The Morgan fingerprint density at radius 2 is 0.630 bits per heavy atom. The van der Waals surface area contributed by atoms with Crippen LogP contribution in [0.25, 0.3) is 0 Å². The van der Waals surface area contributed by atoms with E-state index in [4.69, 9.17) is 4.74 Å². The van der Waals surface area contributed by atoms with Crippen molar-refractivity contribution in [3.8, 4) is 0 Å². The van der Waals surface area contributed by atoms with Gasteiger partial charge in [-0.1, -0.05) is 345 Å². The van der Waals surface area contributed by atoms with E-state index >= 15 is 0 Å². The second kappa shape index (κ2) is 70.3. The molecule has 2 atom stereocenters. The molecule has 0 aromatic carbocycles. The fourth-order valence-corrected chi connectivity index (χ4v) is 11.3. The molecule has 6 heteroatoms. The second-order valence-corrected chi connectivity index (χ2v) is 24.9. The molecule has 2 unspecified atom stereocenters. The highest BCUT2D eigenvalue weighted by Gasteiger charge is 2.20. The highest BCUT2D eigenvalue weighted by molar-refractivity contribution is 5.76. The van der Waals surface area contributed by atoms with Crippen LogP contribution >= 0.6 is 0 Å². The molecule has 0 saturated heterocycles. The molecule has 0 aromatic rings. The zero-order chi connectivity index (χ0) is 58.5. The van der Waals surface area contributed by atoms with Crippen LogP contribution in [-0.2, 0) is 14.3 Å². The van der Waals surface area contributed by atoms with Crippen LogP contribution < -0.4 is 5.32 Å². The molecule has 0 heterocycles. The minimum atomic E-state index is -0.663. The summed E-state index contributed by atoms with van der Waals surface area (Å²) in [5, 5.41) is 23.3. The number of carbonyl (C=O) groups is 2. The normalized spacial score (nSPS) is 12.8. The van der Waals surface area contributed by atoms with Crippen molar-refractivity contribution in [1.82, 2.24) is 5.32 Å². The highest BCUT2D eigenvalue weighted by atomic mass is 16.5. The number of rotatable bonds is 68. The summed E-state index contributed by atoms with van der Waals surface area (Å²) < 4.78 is 5.48. The van der Waals surface area contributed by atoms with Crippen molar-refractivity contribution in [2.45, 2.75) is 405 Å². The number of aliphatic hydroxyl groups excluding tert-OH is 2. The molecular formula is C75H141NO5. The van der Waals surface area contributed by atoms with Gasteiger partial charge in [-0.3, -0.25) is 9.59 Å². The average Bonchev–Trinajstić information content (AvgIpc) is 3.47. The predicted molar refractivity (Wildman–Crippen MR) is 356 cm³/mol. The maximum atomic E-state index is 12.5. The molecule has 6 nitrogen and oxygen atoms in total. The smallest absolute Gasteiger partial charge is 0.305 e. The van der Waals surface area contributed by atoms with E-state index in [1.165, 1.54) is 302 Å². The van der Waals surface area contributed by atoms with Gasteiger partial charge in [0, 0.05) is 12.8 Å². The summed E-state index contributed by atoms with van der Waals surface area (Å²) in [5.41, 5.74) is 0. The van der Waals surface area contributed by atoms with E-state index in [0.717, 1.165) is 57.8 Å². The summed E-state index contributed by atoms with van der Waals surface area (Å²) >= 11 is 0. The maximum Gasteiger partial charge on any atom is 0.305 e. The van der Waals surface area contributed by atoms with Gasteiger partial charge in [-0.05, 0) is 83.5 Å². The van der Waals surface area contributed by atoms with Crippen molar-refractivity contribution in [1.29, 1.82) is 0 Å². The quantitative estimate of drug-likeness (QED) is 0.0320. The molecule has 476 valence electrons. The van der Waals surface area contributed by atoms with Crippen LogP contribution in [0.2, 0.25) is 0 Å². The van der Waals surface area contributed by atoms with Gasteiger partial charge in [-0.25, -0.2) is 0 Å². The first kappa shape index (κ1) is 78.8. The summed E-state index contributed by atoms with van der Waals surface area (Å²) in [6, 6.07) is -0.540. The Balaban J connectivity index is 3.37. The van der Waals surface area contributed by atoms with Crippen molar-refractivity contribution in [2.24, 2.45) is 0 Å². The molecule has 0 radical (unpaired) electrons. The number of nitrogens with one attached hydrogen (secondary N) is 1. The van der Waals surface area contributed by atoms with Gasteiger partial charge in [-0.15, -0.1) is 0 Å². The van der Waals surface area contributed by atoms with Crippen LogP contribution in [0.5, 0.6) is 0 Å². The molecule has 1 amide bonds. The third-order valence-electron chi connectivity index (χ3n) is 16.9. The summed E-state index contributed by atoms with van der Waals surface area (Å²) in [6.45, 7) is 4.93. The lowest BCUT2D eigenvalue weighted by Crippen LogP contribution is -2.45. The van der Waals surface area contributed by atoms with Crippen molar-refractivity contribution in [3.05, 3.63) is 48.6 Å². The Kier molecular flexibility index (Phi) is 68.4. The molecule has 0 aromatic heterocycles. The number of hydrogen-bond acceptors (Lipinski definition) is 5. The van der Waals surface area contributed by atoms with Gasteiger partial charge >= 0.3 is 5.97 Å². The number of hydrogen-bond donors (Lipinski definition) is 3. The van der Waals surface area contributed by atoms with E-state index in [1.807, 2.05) is 0 Å². The molecule has 81 heavy (non-hydrogen) atoms. The third kappa shape index (κ3) is 66.8. The summed E-state index contributed by atoms with van der Waals surface area (Å²) in [6.07, 6.45) is 91.8. The highest BCUT2D eigenvalue weighted by Crippen LogP contribution is 2.19. The number of esters is 1. The van der Waals surface area contributed by atoms with Crippen LogP contribution in [0.3, 0.4) is 0 Å². The first-order chi connectivity index (χ1) is 40.0. The van der Waals surface area contributed by atoms with Crippen LogP contribution in [0.4, 0.5) is 0 Å². The lowest BCUT2D eigenvalue weighted by molar-refractivity contribution is -0.143. The Bertz CT molecular complexity index is 1360. The second-order valence-electron chi connectivity index (χ2n) is 24.9. The Morgan fingerprint density at radius 1 is 0.346 bits per heavy atom. The van der Waals surface area contributed by atoms with Crippen LogP contribution in [-0.4, -0.2) is 47.4 Å². The number of carbonyl (C=O) groups excluding carboxylic acids is 2. The fraction of sp³-hybridized carbons (Fsp3) is 0.867. The standard InChI is InChI=1S/C75H141NO5/c1-3-5-7-9-11-13-15-17-40-43-47-51-55-59-63-67-73(78)72(71-77)76-74(79)68-64-60-56-52-48-44-41-38-36-34-32-30-28-26-24-22-20-19-21-23-25-27-29-31-33-35-37-39-42-46-50-54-58-62-66-70-81-75(80)69-65-61-57-53-49-45-18-16-14-12-10-8-6-4-2/h10,12,16,18,21,23,27,29,72-73,77-78H,3-9,11,13-15,17,19-20,22,24-26,28,30-71H2,1-2H3,(H,76,79)/b12-10-,18-16-,23-21-,29-27-. The Labute approximate surface area is 506 Å². The maximum absolute atomic E-state index is 12.5. The van der Waals surface area contributed by atoms with E-state index in [9.17, 15) is 19.8 Å². The fourth-order valence-electron chi connectivity index (χ4n) is 11.3. The molecule has 0 fully saturated rings. The number of unbranched alkanes of at least 4 members (excludes halogenated alkanes) is 49. The summed E-state index contributed by atoms with van der Waals surface area (Å²) in [4.78, 5) is 24.6. The van der Waals surface area contributed by atoms with Crippen molar-refractivity contribution < 1.29 is 24.5 Å². The summed E-state index contributed by atoms with van der Waals surface area (Å²) in [5.74, 6) is -0.0281.